The van der Waals surface area contributed by atoms with Gasteiger partial charge in [-0.05, 0) is 12.1 Å². The Morgan fingerprint density at radius 1 is 1.67 bits per heavy atom. The van der Waals surface area contributed by atoms with E-state index >= 15 is 0 Å². The van der Waals surface area contributed by atoms with E-state index in [0.29, 0.717) is 5.88 Å². The zero-order chi connectivity index (χ0) is 8.55. The predicted molar refractivity (Wildman–Crippen MR) is 43.1 cm³/mol. The van der Waals surface area contributed by atoms with Gasteiger partial charge >= 0.3 is 0 Å². The van der Waals surface area contributed by atoms with Crippen molar-refractivity contribution in [2.45, 2.75) is 0 Å². The Morgan fingerprint density at radius 2 is 2.50 bits per heavy atom. The number of amides is 1. The summed E-state index contributed by atoms with van der Waals surface area (Å²) in [5.41, 5.74) is 0.730. The van der Waals surface area contributed by atoms with Crippen LogP contribution in [0.5, 0.6) is 5.88 Å². The number of anilines is 1. The molecular weight excluding hydrogens is 156 g/mol. The molecule has 0 bridgehead atoms. The fourth-order valence-electron chi connectivity index (χ4n) is 1.11. The van der Waals surface area contributed by atoms with Crippen LogP contribution in [0.4, 0.5) is 5.69 Å². The van der Waals surface area contributed by atoms with Gasteiger partial charge in [0.25, 0.3) is 5.91 Å². The van der Waals surface area contributed by atoms with Gasteiger partial charge in [0.1, 0.15) is 5.69 Å². The molecular formula is C8H8N2O2. The Kier molecular flexibility index (Phi) is 1.46. The molecule has 0 saturated carbocycles. The average molecular weight is 164 g/mol. The van der Waals surface area contributed by atoms with Gasteiger partial charge in [-0.25, -0.2) is 4.98 Å². The van der Waals surface area contributed by atoms with Gasteiger partial charge in [-0.1, -0.05) is 0 Å². The van der Waals surface area contributed by atoms with E-state index in [1.165, 1.54) is 0 Å². The molecule has 1 aliphatic heterocycles. The number of fused-ring (bicyclic) bond motifs is 1. The fraction of sp³-hybridized carbons (Fsp3) is 0.250. The number of aromatic nitrogens is 1. The molecule has 12 heavy (non-hydrogen) atoms. The van der Waals surface area contributed by atoms with Gasteiger partial charge in [-0.2, -0.15) is 0 Å². The maximum Gasteiger partial charge on any atom is 0.264 e. The van der Waals surface area contributed by atoms with Crippen LogP contribution in [0.2, 0.25) is 0 Å². The van der Waals surface area contributed by atoms with Crippen LogP contribution in [-0.2, 0) is 4.79 Å². The second-order valence-electron chi connectivity index (χ2n) is 2.57. The number of likely N-dealkylation sites (N-methyl/N-ethyl adjacent to an activating group) is 1. The van der Waals surface area contributed by atoms with Crippen molar-refractivity contribution in [3.8, 4) is 5.88 Å². The molecule has 4 nitrogen and oxygen atoms in total. The van der Waals surface area contributed by atoms with Crippen LogP contribution >= 0.6 is 0 Å². The molecule has 2 rings (SSSR count). The van der Waals surface area contributed by atoms with Gasteiger partial charge in [0.2, 0.25) is 5.88 Å². The van der Waals surface area contributed by atoms with Gasteiger partial charge in [0.15, 0.2) is 6.61 Å². The number of carbonyl (C=O) groups is 1. The zero-order valence-electron chi connectivity index (χ0n) is 6.65. The maximum atomic E-state index is 11.1. The Hall–Kier alpha value is -1.58. The van der Waals surface area contributed by atoms with Gasteiger partial charge < -0.3 is 9.64 Å². The molecule has 0 spiro atoms. The van der Waals surface area contributed by atoms with Crippen LogP contribution in [0, 0.1) is 0 Å². The quantitative estimate of drug-likeness (QED) is 0.558. The molecule has 0 aliphatic carbocycles. The third-order valence-corrected chi connectivity index (χ3v) is 1.82. The van der Waals surface area contributed by atoms with Crippen LogP contribution in [0.15, 0.2) is 18.3 Å². The van der Waals surface area contributed by atoms with E-state index in [2.05, 4.69) is 4.98 Å². The highest BCUT2D eigenvalue weighted by atomic mass is 16.5. The molecule has 2 heterocycles. The molecule has 0 fully saturated rings. The standard InChI is InChI=1S/C8H8N2O2/c1-10-6-3-2-4-9-8(6)12-5-7(10)11/h2-4H,5H2,1H3. The van der Waals surface area contributed by atoms with E-state index in [-0.39, 0.29) is 12.5 Å². The molecule has 1 amide bonds. The summed E-state index contributed by atoms with van der Waals surface area (Å²) in [5.74, 6) is 0.482. The first kappa shape index (κ1) is 7.09. The maximum absolute atomic E-state index is 11.1. The third-order valence-electron chi connectivity index (χ3n) is 1.82. The fourth-order valence-corrected chi connectivity index (χ4v) is 1.11. The van der Waals surface area contributed by atoms with E-state index in [4.69, 9.17) is 4.74 Å². The SMILES string of the molecule is CN1C(=O)COc2ncccc21. The van der Waals surface area contributed by atoms with Crippen LogP contribution < -0.4 is 9.64 Å². The van der Waals surface area contributed by atoms with E-state index in [9.17, 15) is 4.79 Å². The number of pyridine rings is 1. The minimum absolute atomic E-state index is 0.0458. The molecule has 0 aromatic carbocycles. The minimum atomic E-state index is -0.0458. The van der Waals surface area contributed by atoms with Gasteiger partial charge in [-0.15, -0.1) is 0 Å². The Balaban J connectivity index is 2.48. The summed E-state index contributed by atoms with van der Waals surface area (Å²) in [6.45, 7) is 0.0838. The molecule has 0 N–H and O–H groups in total. The smallest absolute Gasteiger partial charge is 0.264 e. The van der Waals surface area contributed by atoms with Crippen molar-refractivity contribution in [1.82, 2.24) is 4.98 Å². The lowest BCUT2D eigenvalue weighted by Crippen LogP contribution is -2.35. The number of nitrogens with zero attached hydrogens (tertiary/aromatic N) is 2. The lowest BCUT2D eigenvalue weighted by Gasteiger charge is -2.24. The van der Waals surface area contributed by atoms with Crippen molar-refractivity contribution in [2.24, 2.45) is 0 Å². The van der Waals surface area contributed by atoms with Crippen LogP contribution in [0.1, 0.15) is 0 Å². The summed E-state index contributed by atoms with van der Waals surface area (Å²) < 4.78 is 5.10. The number of hydrogen-bond donors (Lipinski definition) is 0. The normalized spacial score (nSPS) is 15.4. The van der Waals surface area contributed by atoms with Crippen molar-refractivity contribution in [3.63, 3.8) is 0 Å². The molecule has 4 heteroatoms. The van der Waals surface area contributed by atoms with E-state index < -0.39 is 0 Å². The molecule has 62 valence electrons. The van der Waals surface area contributed by atoms with Crippen molar-refractivity contribution in [1.29, 1.82) is 0 Å². The topological polar surface area (TPSA) is 42.4 Å². The second kappa shape index (κ2) is 2.48. The first-order chi connectivity index (χ1) is 5.79. The molecule has 0 radical (unpaired) electrons. The molecule has 0 saturated heterocycles. The predicted octanol–water partition coefficient (Wildman–Crippen LogP) is 0.437. The van der Waals surface area contributed by atoms with E-state index in [0.717, 1.165) is 5.69 Å². The summed E-state index contributed by atoms with van der Waals surface area (Å²) >= 11 is 0. The molecule has 0 atom stereocenters. The number of rotatable bonds is 0. The highest BCUT2D eigenvalue weighted by Crippen LogP contribution is 2.27. The van der Waals surface area contributed by atoms with E-state index in [1.54, 1.807) is 30.3 Å². The third kappa shape index (κ3) is 0.922. The van der Waals surface area contributed by atoms with Gasteiger partial charge in [-0.3, -0.25) is 4.79 Å². The summed E-state index contributed by atoms with van der Waals surface area (Å²) in [6.07, 6.45) is 1.64. The second-order valence-corrected chi connectivity index (χ2v) is 2.57. The Bertz CT molecular complexity index is 325. The first-order valence-electron chi connectivity index (χ1n) is 3.63. The molecule has 0 unspecified atom stereocenters. The monoisotopic (exact) mass is 164 g/mol. The average Bonchev–Trinajstić information content (AvgIpc) is 2.12. The summed E-state index contributed by atoms with van der Waals surface area (Å²) in [4.78, 5) is 16.7. The van der Waals surface area contributed by atoms with Crippen LogP contribution in [-0.4, -0.2) is 24.5 Å². The molecule has 1 aromatic rings. The highest BCUT2D eigenvalue weighted by molar-refractivity contribution is 5.96. The van der Waals surface area contributed by atoms with Crippen molar-refractivity contribution < 1.29 is 9.53 Å². The molecule has 1 aromatic heterocycles. The summed E-state index contributed by atoms with van der Waals surface area (Å²) in [5, 5.41) is 0. The lowest BCUT2D eigenvalue weighted by molar-refractivity contribution is -0.121. The number of hydrogen-bond acceptors (Lipinski definition) is 3. The van der Waals surface area contributed by atoms with Crippen LogP contribution in [0.25, 0.3) is 0 Å². The van der Waals surface area contributed by atoms with E-state index in [1.807, 2.05) is 0 Å². The molecule has 1 aliphatic rings. The number of carbonyl (C=O) groups excluding carboxylic acids is 1. The summed E-state index contributed by atoms with van der Waals surface area (Å²) in [7, 11) is 1.71. The Morgan fingerprint density at radius 3 is 3.33 bits per heavy atom. The van der Waals surface area contributed by atoms with Crippen molar-refractivity contribution in [3.05, 3.63) is 18.3 Å². The first-order valence-corrected chi connectivity index (χ1v) is 3.63. The number of ether oxygens (including phenoxy) is 1. The zero-order valence-corrected chi connectivity index (χ0v) is 6.65. The van der Waals surface area contributed by atoms with Crippen molar-refractivity contribution >= 4 is 11.6 Å². The summed E-state index contributed by atoms with van der Waals surface area (Å²) in [6, 6.07) is 3.58. The van der Waals surface area contributed by atoms with Crippen LogP contribution in [0.3, 0.4) is 0 Å². The Labute approximate surface area is 69.8 Å². The minimum Gasteiger partial charge on any atom is -0.466 e. The van der Waals surface area contributed by atoms with Crippen molar-refractivity contribution in [2.75, 3.05) is 18.6 Å². The highest BCUT2D eigenvalue weighted by Gasteiger charge is 2.22. The van der Waals surface area contributed by atoms with Gasteiger partial charge in [0.05, 0.1) is 0 Å². The lowest BCUT2D eigenvalue weighted by atomic mass is 10.3. The van der Waals surface area contributed by atoms with Gasteiger partial charge in [0, 0.05) is 13.2 Å². The largest absolute Gasteiger partial charge is 0.466 e.